The summed E-state index contributed by atoms with van der Waals surface area (Å²) in [4.78, 5) is 18.5. The minimum Gasteiger partial charge on any atom is -0.321 e. The van der Waals surface area contributed by atoms with Gasteiger partial charge in [0, 0.05) is 18.4 Å². The molecule has 0 fully saturated rings. The van der Waals surface area contributed by atoms with Crippen LogP contribution in [0, 0.1) is 5.82 Å². The van der Waals surface area contributed by atoms with Crippen LogP contribution in [0.1, 0.15) is 18.5 Å². The molecule has 0 radical (unpaired) electrons. The van der Waals surface area contributed by atoms with E-state index in [0.717, 1.165) is 22.3 Å². The molecule has 1 atom stereocenters. The molecule has 0 aliphatic carbocycles. The highest BCUT2D eigenvalue weighted by Gasteiger charge is 2.18. The van der Waals surface area contributed by atoms with Crippen molar-refractivity contribution in [3.05, 3.63) is 90.5 Å². The number of hydrogen-bond donors (Lipinski definition) is 1. The van der Waals surface area contributed by atoms with E-state index in [0.29, 0.717) is 5.69 Å². The Morgan fingerprint density at radius 3 is 2.59 bits per heavy atom. The molecule has 1 heterocycles. The Morgan fingerprint density at radius 2 is 1.83 bits per heavy atom. The SMILES string of the molecule is CC(c1ccc(-n2cnc3ccccc32)cc1)N(C)C(=O)Nc1cccc(F)c1. The fourth-order valence-corrected chi connectivity index (χ4v) is 3.26. The number of urea groups is 1. The summed E-state index contributed by atoms with van der Waals surface area (Å²) in [5.74, 6) is -0.388. The molecule has 3 aromatic carbocycles. The lowest BCUT2D eigenvalue weighted by atomic mass is 10.1. The topological polar surface area (TPSA) is 50.2 Å². The van der Waals surface area contributed by atoms with Crippen molar-refractivity contribution >= 4 is 22.8 Å². The lowest BCUT2D eigenvalue weighted by Crippen LogP contribution is -2.33. The van der Waals surface area contributed by atoms with Crippen LogP contribution >= 0.6 is 0 Å². The van der Waals surface area contributed by atoms with Crippen LogP contribution in [-0.4, -0.2) is 27.5 Å². The number of nitrogens with one attached hydrogen (secondary N) is 1. The smallest absolute Gasteiger partial charge is 0.321 e. The summed E-state index contributed by atoms with van der Waals surface area (Å²) in [7, 11) is 1.72. The second-order valence-corrected chi connectivity index (χ2v) is 6.92. The first kappa shape index (κ1) is 18.7. The first-order valence-corrected chi connectivity index (χ1v) is 9.35. The van der Waals surface area contributed by atoms with Crippen LogP contribution in [0.5, 0.6) is 0 Å². The van der Waals surface area contributed by atoms with Gasteiger partial charge in [-0.05, 0) is 55.0 Å². The van der Waals surface area contributed by atoms with E-state index in [1.54, 1.807) is 24.1 Å². The van der Waals surface area contributed by atoms with Gasteiger partial charge in [0.25, 0.3) is 0 Å². The Hall–Kier alpha value is -3.67. The van der Waals surface area contributed by atoms with Crippen LogP contribution in [0.3, 0.4) is 0 Å². The van der Waals surface area contributed by atoms with Gasteiger partial charge in [0.15, 0.2) is 0 Å². The zero-order valence-electron chi connectivity index (χ0n) is 16.2. The lowest BCUT2D eigenvalue weighted by Gasteiger charge is -2.26. The van der Waals surface area contributed by atoms with Gasteiger partial charge in [0.2, 0.25) is 0 Å². The third-order valence-electron chi connectivity index (χ3n) is 5.08. The van der Waals surface area contributed by atoms with Crippen LogP contribution in [0.15, 0.2) is 79.1 Å². The van der Waals surface area contributed by atoms with Gasteiger partial charge in [-0.25, -0.2) is 14.2 Å². The zero-order chi connectivity index (χ0) is 20.4. The summed E-state index contributed by atoms with van der Waals surface area (Å²) in [5.41, 5.74) is 4.41. The van der Waals surface area contributed by atoms with Gasteiger partial charge in [-0.2, -0.15) is 0 Å². The second-order valence-electron chi connectivity index (χ2n) is 6.92. The van der Waals surface area contributed by atoms with Crippen LogP contribution in [0.2, 0.25) is 0 Å². The van der Waals surface area contributed by atoms with Crippen molar-refractivity contribution in [3.8, 4) is 5.69 Å². The van der Waals surface area contributed by atoms with Gasteiger partial charge in [-0.1, -0.05) is 30.3 Å². The molecule has 1 aromatic heterocycles. The van der Waals surface area contributed by atoms with Gasteiger partial charge >= 0.3 is 6.03 Å². The van der Waals surface area contributed by atoms with Crippen molar-refractivity contribution in [2.24, 2.45) is 0 Å². The second kappa shape index (κ2) is 7.75. The number of rotatable bonds is 4. The molecular weight excluding hydrogens is 367 g/mol. The maximum Gasteiger partial charge on any atom is 0.322 e. The summed E-state index contributed by atoms with van der Waals surface area (Å²) >= 11 is 0. The van der Waals surface area contributed by atoms with E-state index in [4.69, 9.17) is 0 Å². The molecule has 0 aliphatic heterocycles. The van der Waals surface area contributed by atoms with E-state index >= 15 is 0 Å². The van der Waals surface area contributed by atoms with Gasteiger partial charge in [0.1, 0.15) is 12.1 Å². The largest absolute Gasteiger partial charge is 0.322 e. The van der Waals surface area contributed by atoms with E-state index in [2.05, 4.69) is 10.3 Å². The van der Waals surface area contributed by atoms with Crippen molar-refractivity contribution in [1.29, 1.82) is 0 Å². The predicted octanol–water partition coefficient (Wildman–Crippen LogP) is 5.39. The Morgan fingerprint density at radius 1 is 1.07 bits per heavy atom. The number of carbonyl (C=O) groups excluding carboxylic acids is 1. The molecule has 2 amide bonds. The predicted molar refractivity (Wildman–Crippen MR) is 113 cm³/mol. The van der Waals surface area contributed by atoms with Gasteiger partial charge in [-0.3, -0.25) is 4.57 Å². The minimum absolute atomic E-state index is 0.155. The first-order valence-electron chi connectivity index (χ1n) is 9.35. The number of aromatic nitrogens is 2. The Labute approximate surface area is 168 Å². The summed E-state index contributed by atoms with van der Waals surface area (Å²) in [6.07, 6.45) is 1.81. The fourth-order valence-electron chi connectivity index (χ4n) is 3.26. The molecule has 0 spiro atoms. The van der Waals surface area contributed by atoms with Crippen molar-refractivity contribution in [2.75, 3.05) is 12.4 Å². The molecule has 0 bridgehead atoms. The molecule has 1 unspecified atom stereocenters. The Bertz CT molecular complexity index is 1150. The fraction of sp³-hybridized carbons (Fsp3) is 0.130. The maximum atomic E-state index is 13.3. The molecular formula is C23H21FN4O. The number of para-hydroxylation sites is 2. The molecule has 0 saturated heterocycles. The van der Waals surface area contributed by atoms with E-state index in [1.807, 2.05) is 66.3 Å². The number of benzene rings is 3. The van der Waals surface area contributed by atoms with Crippen LogP contribution < -0.4 is 5.32 Å². The Kier molecular flexibility index (Phi) is 4.99. The normalized spacial score (nSPS) is 12.0. The number of imidazole rings is 1. The third kappa shape index (κ3) is 3.82. The van der Waals surface area contributed by atoms with E-state index < -0.39 is 0 Å². The standard InChI is InChI=1S/C23H21FN4O/c1-16(27(2)23(29)26-19-7-5-6-18(24)14-19)17-10-12-20(13-11-17)28-15-25-21-8-3-4-9-22(21)28/h3-16H,1-2H3,(H,26,29). The average molecular weight is 388 g/mol. The molecule has 4 aromatic rings. The molecule has 0 saturated carbocycles. The number of nitrogens with zero attached hydrogens (tertiary/aromatic N) is 3. The van der Waals surface area contributed by atoms with Crippen molar-refractivity contribution in [1.82, 2.24) is 14.5 Å². The number of carbonyl (C=O) groups is 1. The average Bonchev–Trinajstić information content (AvgIpc) is 3.17. The molecule has 29 heavy (non-hydrogen) atoms. The van der Waals surface area contributed by atoms with Crippen LogP contribution in [0.25, 0.3) is 16.7 Å². The molecule has 5 nitrogen and oxygen atoms in total. The van der Waals surface area contributed by atoms with Gasteiger partial charge < -0.3 is 10.2 Å². The monoisotopic (exact) mass is 388 g/mol. The third-order valence-corrected chi connectivity index (χ3v) is 5.08. The number of anilines is 1. The highest BCUT2D eigenvalue weighted by Crippen LogP contribution is 2.23. The summed E-state index contributed by atoms with van der Waals surface area (Å²) in [5, 5.41) is 2.72. The molecule has 4 rings (SSSR count). The molecule has 1 N–H and O–H groups in total. The van der Waals surface area contributed by atoms with Gasteiger partial charge in [0.05, 0.1) is 17.1 Å². The van der Waals surface area contributed by atoms with Crippen molar-refractivity contribution in [2.45, 2.75) is 13.0 Å². The zero-order valence-corrected chi connectivity index (χ0v) is 16.2. The van der Waals surface area contributed by atoms with Gasteiger partial charge in [-0.15, -0.1) is 0 Å². The number of fused-ring (bicyclic) bond motifs is 1. The van der Waals surface area contributed by atoms with E-state index in [1.165, 1.54) is 12.1 Å². The molecule has 6 heteroatoms. The lowest BCUT2D eigenvalue weighted by molar-refractivity contribution is 0.208. The summed E-state index contributed by atoms with van der Waals surface area (Å²) < 4.78 is 15.4. The Balaban J connectivity index is 1.50. The van der Waals surface area contributed by atoms with E-state index in [-0.39, 0.29) is 17.9 Å². The quantitative estimate of drug-likeness (QED) is 0.510. The van der Waals surface area contributed by atoms with Crippen molar-refractivity contribution < 1.29 is 9.18 Å². The number of hydrogen-bond acceptors (Lipinski definition) is 2. The van der Waals surface area contributed by atoms with Crippen LogP contribution in [0.4, 0.5) is 14.9 Å². The maximum absolute atomic E-state index is 13.3. The first-order chi connectivity index (χ1) is 14.0. The minimum atomic E-state index is -0.388. The highest BCUT2D eigenvalue weighted by molar-refractivity contribution is 5.89. The molecule has 0 aliphatic rings. The highest BCUT2D eigenvalue weighted by atomic mass is 19.1. The summed E-state index contributed by atoms with van der Waals surface area (Å²) in [6.45, 7) is 1.95. The number of amides is 2. The van der Waals surface area contributed by atoms with Crippen LogP contribution in [-0.2, 0) is 0 Å². The summed E-state index contributed by atoms with van der Waals surface area (Å²) in [6, 6.07) is 21.4. The van der Waals surface area contributed by atoms with Crippen molar-refractivity contribution in [3.63, 3.8) is 0 Å². The molecule has 146 valence electrons. The van der Waals surface area contributed by atoms with E-state index in [9.17, 15) is 9.18 Å². The number of halogens is 1.